The van der Waals surface area contributed by atoms with Crippen LogP contribution in [0.2, 0.25) is 0 Å². The summed E-state index contributed by atoms with van der Waals surface area (Å²) in [5, 5.41) is 9.22. The molecule has 0 aliphatic carbocycles. The molecule has 2 heterocycles. The summed E-state index contributed by atoms with van der Waals surface area (Å²) in [6.45, 7) is 12.5. The molecule has 5 nitrogen and oxygen atoms in total. The van der Waals surface area contributed by atoms with E-state index in [1.807, 2.05) is 12.3 Å². The van der Waals surface area contributed by atoms with Crippen LogP contribution in [-0.2, 0) is 5.41 Å². The van der Waals surface area contributed by atoms with Crippen molar-refractivity contribution in [1.29, 1.82) is 0 Å². The Labute approximate surface area is 121 Å². The van der Waals surface area contributed by atoms with Crippen LogP contribution in [0.3, 0.4) is 0 Å². The zero-order valence-corrected chi connectivity index (χ0v) is 13.0. The lowest BCUT2D eigenvalue weighted by Gasteiger charge is -2.38. The fourth-order valence-electron chi connectivity index (χ4n) is 2.39. The maximum Gasteiger partial charge on any atom is 0.135 e. The Morgan fingerprint density at radius 3 is 2.45 bits per heavy atom. The topological polar surface area (TPSA) is 52.5 Å². The number of aliphatic hydroxyl groups excluding tert-OH is 1. The molecule has 1 aromatic heterocycles. The highest BCUT2D eigenvalue weighted by atomic mass is 16.3. The lowest BCUT2D eigenvalue weighted by molar-refractivity contribution is 0.128. The van der Waals surface area contributed by atoms with Crippen LogP contribution in [0, 0.1) is 0 Å². The number of nitrogens with zero attached hydrogens (tertiary/aromatic N) is 4. The van der Waals surface area contributed by atoms with Crippen molar-refractivity contribution in [2.75, 3.05) is 37.7 Å². The Bertz CT molecular complexity index is 436. The van der Waals surface area contributed by atoms with Crippen LogP contribution in [-0.4, -0.2) is 58.8 Å². The molecule has 0 radical (unpaired) electrons. The Morgan fingerprint density at radius 1 is 1.25 bits per heavy atom. The molecule has 1 aliphatic rings. The first kappa shape index (κ1) is 15.2. The number of aromatic nitrogens is 2. The smallest absolute Gasteiger partial charge is 0.135 e. The average molecular weight is 278 g/mol. The molecule has 1 atom stereocenters. The third kappa shape index (κ3) is 3.46. The van der Waals surface area contributed by atoms with E-state index >= 15 is 0 Å². The van der Waals surface area contributed by atoms with Gasteiger partial charge in [-0.3, -0.25) is 4.90 Å². The molecule has 5 heteroatoms. The van der Waals surface area contributed by atoms with Gasteiger partial charge in [0.1, 0.15) is 11.6 Å². The first-order valence-corrected chi connectivity index (χ1v) is 7.35. The van der Waals surface area contributed by atoms with Crippen molar-refractivity contribution < 1.29 is 5.11 Å². The molecule has 1 saturated heterocycles. The summed E-state index contributed by atoms with van der Waals surface area (Å²) in [5.41, 5.74) is -0.0246. The molecule has 2 rings (SSSR count). The summed E-state index contributed by atoms with van der Waals surface area (Å²) in [4.78, 5) is 13.7. The third-order valence-electron chi connectivity index (χ3n) is 3.84. The molecule has 0 bridgehead atoms. The molecule has 112 valence electrons. The minimum absolute atomic E-state index is 0.0246. The van der Waals surface area contributed by atoms with Gasteiger partial charge >= 0.3 is 0 Å². The quantitative estimate of drug-likeness (QED) is 0.902. The highest BCUT2D eigenvalue weighted by Crippen LogP contribution is 2.21. The van der Waals surface area contributed by atoms with Gasteiger partial charge in [0.25, 0.3) is 0 Å². The maximum atomic E-state index is 9.22. The monoisotopic (exact) mass is 278 g/mol. The van der Waals surface area contributed by atoms with Gasteiger partial charge in [0.2, 0.25) is 0 Å². The van der Waals surface area contributed by atoms with Crippen molar-refractivity contribution in [2.24, 2.45) is 0 Å². The average Bonchev–Trinajstić information content (AvgIpc) is 2.46. The van der Waals surface area contributed by atoms with E-state index in [9.17, 15) is 5.11 Å². The Hall–Kier alpha value is -1.20. The summed E-state index contributed by atoms with van der Waals surface area (Å²) in [7, 11) is 0. The lowest BCUT2D eigenvalue weighted by Crippen LogP contribution is -2.50. The van der Waals surface area contributed by atoms with Crippen molar-refractivity contribution in [1.82, 2.24) is 14.9 Å². The largest absolute Gasteiger partial charge is 0.395 e. The van der Waals surface area contributed by atoms with Crippen LogP contribution < -0.4 is 4.90 Å². The number of piperazine rings is 1. The number of hydrogen-bond donors (Lipinski definition) is 1. The summed E-state index contributed by atoms with van der Waals surface area (Å²) in [6.07, 6.45) is 1.85. The molecule has 0 aromatic carbocycles. The molecule has 0 saturated carbocycles. The van der Waals surface area contributed by atoms with Crippen molar-refractivity contribution in [3.8, 4) is 0 Å². The van der Waals surface area contributed by atoms with Gasteiger partial charge in [-0.1, -0.05) is 20.8 Å². The van der Waals surface area contributed by atoms with Gasteiger partial charge in [0, 0.05) is 43.8 Å². The van der Waals surface area contributed by atoms with E-state index in [0.29, 0.717) is 0 Å². The van der Waals surface area contributed by atoms with E-state index in [-0.39, 0.29) is 18.1 Å². The summed E-state index contributed by atoms with van der Waals surface area (Å²) in [6, 6.07) is 2.23. The van der Waals surface area contributed by atoms with Crippen LogP contribution in [0.1, 0.15) is 33.5 Å². The van der Waals surface area contributed by atoms with Crippen molar-refractivity contribution in [2.45, 2.75) is 39.2 Å². The number of anilines is 1. The van der Waals surface area contributed by atoms with E-state index in [2.05, 4.69) is 42.5 Å². The van der Waals surface area contributed by atoms with Crippen LogP contribution in [0.15, 0.2) is 12.3 Å². The fourth-order valence-corrected chi connectivity index (χ4v) is 2.39. The maximum absolute atomic E-state index is 9.22. The normalized spacial score (nSPS) is 19.1. The highest BCUT2D eigenvalue weighted by Gasteiger charge is 2.23. The summed E-state index contributed by atoms with van der Waals surface area (Å²) in [5.74, 6) is 1.90. The van der Waals surface area contributed by atoms with E-state index in [1.165, 1.54) is 0 Å². The molecule has 0 amide bonds. The first-order chi connectivity index (χ1) is 9.41. The van der Waals surface area contributed by atoms with Gasteiger partial charge in [0.05, 0.1) is 6.61 Å². The van der Waals surface area contributed by atoms with Crippen LogP contribution >= 0.6 is 0 Å². The van der Waals surface area contributed by atoms with Gasteiger partial charge in [-0.25, -0.2) is 9.97 Å². The predicted octanol–water partition coefficient (Wildman–Crippen LogP) is 1.28. The second-order valence-corrected chi connectivity index (χ2v) is 6.54. The lowest BCUT2D eigenvalue weighted by atomic mass is 9.96. The van der Waals surface area contributed by atoms with E-state index < -0.39 is 0 Å². The van der Waals surface area contributed by atoms with Crippen molar-refractivity contribution in [3.05, 3.63) is 18.1 Å². The Kier molecular flexibility index (Phi) is 4.60. The van der Waals surface area contributed by atoms with Crippen molar-refractivity contribution in [3.63, 3.8) is 0 Å². The molecule has 1 aliphatic heterocycles. The molecule has 0 spiro atoms. The zero-order valence-electron chi connectivity index (χ0n) is 13.0. The highest BCUT2D eigenvalue weighted by molar-refractivity contribution is 5.38. The Morgan fingerprint density at radius 2 is 1.90 bits per heavy atom. The second-order valence-electron chi connectivity index (χ2n) is 6.54. The summed E-state index contributed by atoms with van der Waals surface area (Å²) >= 11 is 0. The minimum Gasteiger partial charge on any atom is -0.395 e. The minimum atomic E-state index is -0.0246. The van der Waals surface area contributed by atoms with Gasteiger partial charge < -0.3 is 10.0 Å². The van der Waals surface area contributed by atoms with Crippen LogP contribution in [0.25, 0.3) is 0 Å². The zero-order chi connectivity index (χ0) is 14.8. The van der Waals surface area contributed by atoms with Crippen molar-refractivity contribution >= 4 is 5.82 Å². The van der Waals surface area contributed by atoms with E-state index in [1.54, 1.807) is 0 Å². The third-order valence-corrected chi connectivity index (χ3v) is 3.84. The van der Waals surface area contributed by atoms with Crippen LogP contribution in [0.4, 0.5) is 5.82 Å². The molecule has 1 unspecified atom stereocenters. The molecule has 1 fully saturated rings. The van der Waals surface area contributed by atoms with Gasteiger partial charge in [0.15, 0.2) is 0 Å². The molecular formula is C15H26N4O. The molecule has 20 heavy (non-hydrogen) atoms. The van der Waals surface area contributed by atoms with E-state index in [0.717, 1.165) is 37.8 Å². The molecule has 1 aromatic rings. The van der Waals surface area contributed by atoms with Gasteiger partial charge in [-0.15, -0.1) is 0 Å². The predicted molar refractivity (Wildman–Crippen MR) is 81.1 cm³/mol. The number of rotatable bonds is 3. The van der Waals surface area contributed by atoms with Crippen LogP contribution in [0.5, 0.6) is 0 Å². The van der Waals surface area contributed by atoms with Gasteiger partial charge in [-0.05, 0) is 13.0 Å². The first-order valence-electron chi connectivity index (χ1n) is 7.35. The Balaban J connectivity index is 2.04. The number of aliphatic hydroxyl groups is 1. The number of hydrogen-bond acceptors (Lipinski definition) is 5. The fraction of sp³-hybridized carbons (Fsp3) is 0.733. The standard InChI is InChI=1S/C15H26N4O/c1-12(11-20)18-7-9-19(10-8-18)13-5-6-16-14(17-13)15(2,3)4/h5-6,12,20H,7-11H2,1-4H3. The van der Waals surface area contributed by atoms with Gasteiger partial charge in [-0.2, -0.15) is 0 Å². The second kappa shape index (κ2) is 6.06. The SMILES string of the molecule is CC(CO)N1CCN(c2ccnc(C(C)(C)C)n2)CC1. The summed E-state index contributed by atoms with van der Waals surface area (Å²) < 4.78 is 0. The molecule has 1 N–H and O–H groups in total. The molecular weight excluding hydrogens is 252 g/mol. The van der Waals surface area contributed by atoms with E-state index in [4.69, 9.17) is 4.98 Å².